The molecule has 0 bridgehead atoms. The van der Waals surface area contributed by atoms with Gasteiger partial charge in [0.1, 0.15) is 0 Å². The van der Waals surface area contributed by atoms with Crippen LogP contribution in [0.1, 0.15) is 85.3 Å². The van der Waals surface area contributed by atoms with Crippen LogP contribution < -0.4 is 5.32 Å². The van der Waals surface area contributed by atoms with Crippen LogP contribution in [-0.2, 0) is 27.1 Å². The SMILES string of the molecule is CCCCCCCCOC(=O)CC1CCc2cc(C(=O)Nc3ccc(/C=N/N4CCOCC4)cc3)ccc2C1. The van der Waals surface area contributed by atoms with Crippen LogP contribution in [0.4, 0.5) is 5.69 Å². The summed E-state index contributed by atoms with van der Waals surface area (Å²) in [6.45, 7) is 5.78. The number of nitrogens with zero attached hydrogens (tertiary/aromatic N) is 2. The summed E-state index contributed by atoms with van der Waals surface area (Å²) in [5.74, 6) is 0.110. The number of esters is 1. The molecule has 2 aliphatic rings. The minimum absolute atomic E-state index is 0.0774. The first-order valence-corrected chi connectivity index (χ1v) is 14.7. The third kappa shape index (κ3) is 9.50. The van der Waals surface area contributed by atoms with Gasteiger partial charge < -0.3 is 14.8 Å². The molecular weight excluding hydrogens is 490 g/mol. The Labute approximate surface area is 233 Å². The maximum absolute atomic E-state index is 12.9. The maximum atomic E-state index is 12.9. The van der Waals surface area contributed by atoms with Crippen LogP contribution in [0.15, 0.2) is 47.6 Å². The number of hydrogen-bond acceptors (Lipinski definition) is 6. The number of hydrazone groups is 1. The van der Waals surface area contributed by atoms with Gasteiger partial charge in [0.15, 0.2) is 0 Å². The molecule has 1 N–H and O–H groups in total. The highest BCUT2D eigenvalue weighted by molar-refractivity contribution is 6.04. The van der Waals surface area contributed by atoms with E-state index in [9.17, 15) is 9.59 Å². The molecule has 1 amide bonds. The standard InChI is InChI=1S/C32H43N3O4/c1-2-3-4-5-6-7-18-39-31(36)22-26-8-11-28-23-29(13-12-27(28)21-26)32(37)34-30-14-9-25(10-15-30)24-33-35-16-19-38-20-17-35/h9-10,12-15,23-24,26H,2-8,11,16-22H2,1H3,(H,34,37)/b33-24+. The van der Waals surface area contributed by atoms with Crippen molar-refractivity contribution in [1.29, 1.82) is 0 Å². The number of aryl methyl sites for hydroxylation is 1. The summed E-state index contributed by atoms with van der Waals surface area (Å²) >= 11 is 0. The first-order valence-electron chi connectivity index (χ1n) is 14.7. The van der Waals surface area contributed by atoms with Gasteiger partial charge in [-0.25, -0.2) is 0 Å². The maximum Gasteiger partial charge on any atom is 0.306 e. The molecule has 1 aliphatic carbocycles. The fourth-order valence-electron chi connectivity index (χ4n) is 5.18. The quantitative estimate of drug-likeness (QED) is 0.194. The van der Waals surface area contributed by atoms with Gasteiger partial charge in [-0.3, -0.25) is 14.6 Å². The van der Waals surface area contributed by atoms with E-state index in [4.69, 9.17) is 9.47 Å². The number of anilines is 1. The minimum atomic E-state index is -0.118. The Balaban J connectivity index is 1.20. The second kappa shape index (κ2) is 15.4. The first-order chi connectivity index (χ1) is 19.1. The van der Waals surface area contributed by atoms with Crippen molar-refractivity contribution in [2.24, 2.45) is 11.0 Å². The van der Waals surface area contributed by atoms with Gasteiger partial charge in [0.05, 0.1) is 39.1 Å². The van der Waals surface area contributed by atoms with Crippen molar-refractivity contribution < 1.29 is 19.1 Å². The van der Waals surface area contributed by atoms with Gasteiger partial charge in [0, 0.05) is 17.7 Å². The van der Waals surface area contributed by atoms with E-state index in [-0.39, 0.29) is 11.9 Å². The van der Waals surface area contributed by atoms with Crippen molar-refractivity contribution in [3.63, 3.8) is 0 Å². The number of morpholine rings is 1. The van der Waals surface area contributed by atoms with E-state index in [1.807, 2.05) is 53.7 Å². The molecule has 7 nitrogen and oxygen atoms in total. The van der Waals surface area contributed by atoms with Crippen molar-refractivity contribution in [2.75, 3.05) is 38.2 Å². The minimum Gasteiger partial charge on any atom is -0.466 e. The molecule has 4 rings (SSSR count). The fraction of sp³-hybridized carbons (Fsp3) is 0.531. The predicted octanol–water partition coefficient (Wildman–Crippen LogP) is 6.00. The average molecular weight is 534 g/mol. The molecule has 0 aromatic heterocycles. The normalized spacial score (nSPS) is 17.2. The predicted molar refractivity (Wildman–Crippen MR) is 155 cm³/mol. The Bertz CT molecular complexity index is 1090. The lowest BCUT2D eigenvalue weighted by Gasteiger charge is -2.24. The van der Waals surface area contributed by atoms with Gasteiger partial charge in [-0.05, 0) is 72.6 Å². The number of ether oxygens (including phenoxy) is 2. The zero-order valence-corrected chi connectivity index (χ0v) is 23.3. The van der Waals surface area contributed by atoms with Gasteiger partial charge in [-0.2, -0.15) is 5.10 Å². The fourth-order valence-corrected chi connectivity index (χ4v) is 5.18. The third-order valence-corrected chi connectivity index (χ3v) is 7.54. The molecule has 1 heterocycles. The summed E-state index contributed by atoms with van der Waals surface area (Å²) in [7, 11) is 0. The van der Waals surface area contributed by atoms with E-state index < -0.39 is 0 Å². The van der Waals surface area contributed by atoms with E-state index in [1.165, 1.54) is 36.8 Å². The van der Waals surface area contributed by atoms with E-state index >= 15 is 0 Å². The molecule has 2 aromatic rings. The topological polar surface area (TPSA) is 80.2 Å². The van der Waals surface area contributed by atoms with Gasteiger partial charge in [-0.15, -0.1) is 0 Å². The average Bonchev–Trinajstić information content (AvgIpc) is 2.96. The van der Waals surface area contributed by atoms with E-state index in [1.54, 1.807) is 0 Å². The zero-order chi connectivity index (χ0) is 27.3. The summed E-state index contributed by atoms with van der Waals surface area (Å²) < 4.78 is 10.8. The molecule has 0 radical (unpaired) electrons. The summed E-state index contributed by atoms with van der Waals surface area (Å²) in [5.41, 5.74) is 4.82. The zero-order valence-electron chi connectivity index (χ0n) is 23.3. The molecule has 1 saturated heterocycles. The Morgan fingerprint density at radius 1 is 1.03 bits per heavy atom. The Kier molecular flexibility index (Phi) is 11.4. The molecule has 7 heteroatoms. The number of rotatable bonds is 13. The van der Waals surface area contributed by atoms with E-state index in [0.29, 0.717) is 37.7 Å². The second-order valence-electron chi connectivity index (χ2n) is 10.7. The monoisotopic (exact) mass is 533 g/mol. The second-order valence-corrected chi connectivity index (χ2v) is 10.7. The van der Waals surface area contributed by atoms with Crippen molar-refractivity contribution in [3.8, 4) is 0 Å². The van der Waals surface area contributed by atoms with E-state index in [0.717, 1.165) is 56.4 Å². The molecule has 210 valence electrons. The summed E-state index contributed by atoms with van der Waals surface area (Å²) in [4.78, 5) is 25.2. The number of benzene rings is 2. The van der Waals surface area contributed by atoms with Crippen LogP contribution in [0.2, 0.25) is 0 Å². The summed E-state index contributed by atoms with van der Waals surface area (Å²) in [6, 6.07) is 13.6. The van der Waals surface area contributed by atoms with Crippen molar-refractivity contribution in [3.05, 3.63) is 64.7 Å². The molecular formula is C32H43N3O4. The molecule has 0 spiro atoms. The summed E-state index contributed by atoms with van der Waals surface area (Å²) in [5, 5.41) is 9.50. The molecule has 1 aliphatic heterocycles. The molecule has 0 saturated carbocycles. The van der Waals surface area contributed by atoms with Crippen LogP contribution in [0, 0.1) is 5.92 Å². The number of amides is 1. The Morgan fingerprint density at radius 2 is 1.79 bits per heavy atom. The van der Waals surface area contributed by atoms with Crippen molar-refractivity contribution in [1.82, 2.24) is 5.01 Å². The van der Waals surface area contributed by atoms with Crippen LogP contribution in [-0.4, -0.2) is 56.0 Å². The van der Waals surface area contributed by atoms with Gasteiger partial charge >= 0.3 is 5.97 Å². The molecule has 2 aromatic carbocycles. The smallest absolute Gasteiger partial charge is 0.306 e. The number of fused-ring (bicyclic) bond motifs is 1. The number of carbonyl (C=O) groups is 2. The molecule has 1 unspecified atom stereocenters. The number of hydrogen-bond donors (Lipinski definition) is 1. The Morgan fingerprint density at radius 3 is 2.59 bits per heavy atom. The lowest BCUT2D eigenvalue weighted by molar-refractivity contribution is -0.145. The molecule has 1 fully saturated rings. The third-order valence-electron chi connectivity index (χ3n) is 7.54. The molecule has 39 heavy (non-hydrogen) atoms. The number of unbranched alkanes of at least 4 members (excludes halogenated alkanes) is 5. The highest BCUT2D eigenvalue weighted by Crippen LogP contribution is 2.29. The highest BCUT2D eigenvalue weighted by Gasteiger charge is 2.23. The van der Waals surface area contributed by atoms with Crippen LogP contribution in [0.25, 0.3) is 0 Å². The lowest BCUT2D eigenvalue weighted by Crippen LogP contribution is -2.32. The van der Waals surface area contributed by atoms with Crippen molar-refractivity contribution >= 4 is 23.8 Å². The largest absolute Gasteiger partial charge is 0.466 e. The first kappa shape index (κ1) is 28.8. The van der Waals surface area contributed by atoms with Crippen molar-refractivity contribution in [2.45, 2.75) is 71.1 Å². The van der Waals surface area contributed by atoms with E-state index in [2.05, 4.69) is 17.3 Å². The highest BCUT2D eigenvalue weighted by atomic mass is 16.5. The number of carbonyl (C=O) groups excluding carboxylic acids is 2. The van der Waals surface area contributed by atoms with Crippen LogP contribution >= 0.6 is 0 Å². The Hall–Kier alpha value is -3.19. The van der Waals surface area contributed by atoms with Gasteiger partial charge in [0.25, 0.3) is 5.91 Å². The lowest BCUT2D eigenvalue weighted by atomic mass is 9.81. The molecule has 1 atom stereocenters. The van der Waals surface area contributed by atoms with Gasteiger partial charge in [0.2, 0.25) is 0 Å². The van der Waals surface area contributed by atoms with Crippen LogP contribution in [0.3, 0.4) is 0 Å². The van der Waals surface area contributed by atoms with Gasteiger partial charge in [-0.1, -0.05) is 57.2 Å². The van der Waals surface area contributed by atoms with Crippen LogP contribution in [0.5, 0.6) is 0 Å². The summed E-state index contributed by atoms with van der Waals surface area (Å²) in [6.07, 6.45) is 12.1. The number of nitrogens with one attached hydrogen (secondary N) is 1.